The molecular weight excluding hydrogens is 291 g/mol. The fourth-order valence-electron chi connectivity index (χ4n) is 2.65. The quantitative estimate of drug-likeness (QED) is 0.869. The summed E-state index contributed by atoms with van der Waals surface area (Å²) in [4.78, 5) is 0. The second-order valence-corrected chi connectivity index (χ2v) is 5.31. The zero-order valence-electron chi connectivity index (χ0n) is 11.9. The molecule has 1 heterocycles. The molecule has 1 N–H and O–H groups in total. The van der Waals surface area contributed by atoms with Crippen LogP contribution in [0.4, 0.5) is 13.2 Å². The van der Waals surface area contributed by atoms with E-state index in [2.05, 4.69) is 5.32 Å². The first-order chi connectivity index (χ1) is 10.5. The minimum Gasteiger partial charge on any atom is -0.457 e. The van der Waals surface area contributed by atoms with Gasteiger partial charge in [-0.25, -0.2) is 0 Å². The van der Waals surface area contributed by atoms with Crippen molar-refractivity contribution in [2.45, 2.75) is 25.1 Å². The molecule has 0 spiro atoms. The van der Waals surface area contributed by atoms with Crippen molar-refractivity contribution in [3.63, 3.8) is 0 Å². The van der Waals surface area contributed by atoms with E-state index < -0.39 is 11.7 Å². The molecule has 0 aromatic heterocycles. The smallest absolute Gasteiger partial charge is 0.416 e. The molecule has 1 fully saturated rings. The summed E-state index contributed by atoms with van der Waals surface area (Å²) in [6.45, 7) is 0.972. The SMILES string of the molecule is FC(F)(F)c1ccc(Oc2ccccc2C2CCCN2)cc1. The molecule has 2 aromatic carbocycles. The van der Waals surface area contributed by atoms with Gasteiger partial charge in [0.1, 0.15) is 11.5 Å². The van der Waals surface area contributed by atoms with Crippen LogP contribution in [0.3, 0.4) is 0 Å². The maximum absolute atomic E-state index is 12.6. The van der Waals surface area contributed by atoms with Crippen molar-refractivity contribution in [3.8, 4) is 11.5 Å². The van der Waals surface area contributed by atoms with Crippen LogP contribution in [0.2, 0.25) is 0 Å². The van der Waals surface area contributed by atoms with Gasteiger partial charge < -0.3 is 10.1 Å². The summed E-state index contributed by atoms with van der Waals surface area (Å²) >= 11 is 0. The van der Waals surface area contributed by atoms with Crippen LogP contribution in [0.5, 0.6) is 11.5 Å². The van der Waals surface area contributed by atoms with Gasteiger partial charge in [-0.1, -0.05) is 18.2 Å². The van der Waals surface area contributed by atoms with Crippen molar-refractivity contribution < 1.29 is 17.9 Å². The number of ether oxygens (including phenoxy) is 1. The Morgan fingerprint density at radius 1 is 1.00 bits per heavy atom. The van der Waals surface area contributed by atoms with Gasteiger partial charge in [0.05, 0.1) is 5.56 Å². The molecule has 2 nitrogen and oxygen atoms in total. The number of halogens is 3. The standard InChI is InChI=1S/C17H16F3NO/c18-17(19,20)12-7-9-13(10-8-12)22-16-6-2-1-4-14(16)15-5-3-11-21-15/h1-2,4,6-10,15,21H,3,5,11H2. The van der Waals surface area contributed by atoms with Crippen LogP contribution >= 0.6 is 0 Å². The molecule has 116 valence electrons. The van der Waals surface area contributed by atoms with Crippen molar-refractivity contribution in [2.24, 2.45) is 0 Å². The van der Waals surface area contributed by atoms with Crippen LogP contribution < -0.4 is 10.1 Å². The van der Waals surface area contributed by atoms with Gasteiger partial charge in [-0.05, 0) is 49.7 Å². The zero-order valence-corrected chi connectivity index (χ0v) is 11.9. The molecule has 1 saturated heterocycles. The highest BCUT2D eigenvalue weighted by molar-refractivity contribution is 5.40. The molecule has 1 aliphatic rings. The van der Waals surface area contributed by atoms with Gasteiger partial charge in [0.2, 0.25) is 0 Å². The lowest BCUT2D eigenvalue weighted by Crippen LogP contribution is -2.13. The first-order valence-electron chi connectivity index (χ1n) is 7.21. The van der Waals surface area contributed by atoms with E-state index in [4.69, 9.17) is 4.74 Å². The Hall–Kier alpha value is -2.01. The summed E-state index contributed by atoms with van der Waals surface area (Å²) in [6, 6.07) is 12.6. The molecule has 1 aliphatic heterocycles. The van der Waals surface area contributed by atoms with Crippen molar-refractivity contribution in [2.75, 3.05) is 6.54 Å². The molecule has 22 heavy (non-hydrogen) atoms. The van der Waals surface area contributed by atoms with Gasteiger partial charge in [-0.3, -0.25) is 0 Å². The Balaban J connectivity index is 1.81. The van der Waals surface area contributed by atoms with Gasteiger partial charge in [0, 0.05) is 11.6 Å². The zero-order chi connectivity index (χ0) is 15.6. The second-order valence-electron chi connectivity index (χ2n) is 5.31. The van der Waals surface area contributed by atoms with Crippen molar-refractivity contribution >= 4 is 0 Å². The van der Waals surface area contributed by atoms with Crippen LogP contribution in [-0.4, -0.2) is 6.54 Å². The van der Waals surface area contributed by atoms with Gasteiger partial charge in [-0.15, -0.1) is 0 Å². The highest BCUT2D eigenvalue weighted by atomic mass is 19.4. The lowest BCUT2D eigenvalue weighted by atomic mass is 10.0. The topological polar surface area (TPSA) is 21.3 Å². The molecule has 0 aliphatic carbocycles. The highest BCUT2D eigenvalue weighted by Gasteiger charge is 2.30. The number of benzene rings is 2. The summed E-state index contributed by atoms with van der Waals surface area (Å²) in [5.41, 5.74) is 0.366. The maximum Gasteiger partial charge on any atom is 0.416 e. The Morgan fingerprint density at radius 2 is 1.73 bits per heavy atom. The van der Waals surface area contributed by atoms with Gasteiger partial charge in [0.25, 0.3) is 0 Å². The molecule has 1 atom stereocenters. The molecule has 0 bridgehead atoms. The minimum atomic E-state index is -4.33. The van der Waals surface area contributed by atoms with E-state index in [1.807, 2.05) is 24.3 Å². The first kappa shape index (κ1) is 14.9. The predicted molar refractivity (Wildman–Crippen MR) is 77.9 cm³/mol. The van der Waals surface area contributed by atoms with Crippen LogP contribution in [-0.2, 0) is 6.18 Å². The Morgan fingerprint density at radius 3 is 2.36 bits per heavy atom. The van der Waals surface area contributed by atoms with E-state index in [1.54, 1.807) is 0 Å². The molecule has 2 aromatic rings. The van der Waals surface area contributed by atoms with Crippen LogP contribution in [0.15, 0.2) is 48.5 Å². The predicted octanol–water partition coefficient (Wildman–Crippen LogP) is 4.92. The molecule has 5 heteroatoms. The number of para-hydroxylation sites is 1. The Bertz CT molecular complexity index is 631. The number of hydrogen-bond acceptors (Lipinski definition) is 2. The van der Waals surface area contributed by atoms with Gasteiger partial charge >= 0.3 is 6.18 Å². The first-order valence-corrected chi connectivity index (χ1v) is 7.21. The lowest BCUT2D eigenvalue weighted by Gasteiger charge is -2.16. The van der Waals surface area contributed by atoms with Crippen LogP contribution in [0, 0.1) is 0 Å². The second kappa shape index (κ2) is 6.01. The van der Waals surface area contributed by atoms with Crippen LogP contribution in [0.1, 0.15) is 30.0 Å². The third kappa shape index (κ3) is 3.25. The molecule has 0 saturated carbocycles. The summed E-state index contributed by atoms with van der Waals surface area (Å²) in [7, 11) is 0. The summed E-state index contributed by atoms with van der Waals surface area (Å²) in [5, 5.41) is 3.40. The summed E-state index contributed by atoms with van der Waals surface area (Å²) in [6.07, 6.45) is -2.18. The molecular formula is C17H16F3NO. The lowest BCUT2D eigenvalue weighted by molar-refractivity contribution is -0.137. The van der Waals surface area contributed by atoms with E-state index in [0.29, 0.717) is 11.5 Å². The van der Waals surface area contributed by atoms with E-state index in [0.717, 1.165) is 37.1 Å². The normalized spacial score (nSPS) is 18.4. The largest absolute Gasteiger partial charge is 0.457 e. The monoisotopic (exact) mass is 307 g/mol. The van der Waals surface area contributed by atoms with E-state index in [9.17, 15) is 13.2 Å². The fraction of sp³-hybridized carbons (Fsp3) is 0.294. The molecule has 1 unspecified atom stereocenters. The van der Waals surface area contributed by atoms with Gasteiger partial charge in [0.15, 0.2) is 0 Å². The summed E-state index contributed by atoms with van der Waals surface area (Å²) in [5.74, 6) is 1.08. The van der Waals surface area contributed by atoms with Crippen molar-refractivity contribution in [1.82, 2.24) is 5.32 Å². The van der Waals surface area contributed by atoms with E-state index in [1.165, 1.54) is 12.1 Å². The van der Waals surface area contributed by atoms with Crippen LogP contribution in [0.25, 0.3) is 0 Å². The average molecular weight is 307 g/mol. The van der Waals surface area contributed by atoms with Crippen molar-refractivity contribution in [3.05, 3.63) is 59.7 Å². The average Bonchev–Trinajstić information content (AvgIpc) is 3.01. The summed E-state index contributed by atoms with van der Waals surface area (Å²) < 4.78 is 43.5. The number of nitrogens with one attached hydrogen (secondary N) is 1. The van der Waals surface area contributed by atoms with Crippen molar-refractivity contribution in [1.29, 1.82) is 0 Å². The number of alkyl halides is 3. The third-order valence-electron chi connectivity index (χ3n) is 3.76. The minimum absolute atomic E-state index is 0.241. The molecule has 3 rings (SSSR count). The highest BCUT2D eigenvalue weighted by Crippen LogP contribution is 2.35. The third-order valence-corrected chi connectivity index (χ3v) is 3.76. The number of hydrogen-bond donors (Lipinski definition) is 1. The molecule has 0 amide bonds. The van der Waals surface area contributed by atoms with E-state index >= 15 is 0 Å². The van der Waals surface area contributed by atoms with E-state index in [-0.39, 0.29) is 6.04 Å². The maximum atomic E-state index is 12.6. The van der Waals surface area contributed by atoms with Gasteiger partial charge in [-0.2, -0.15) is 13.2 Å². The number of rotatable bonds is 3. The molecule has 0 radical (unpaired) electrons. The Kier molecular flexibility index (Phi) is 4.07. The Labute approximate surface area is 126 Å². The fourth-order valence-corrected chi connectivity index (χ4v) is 2.65.